The number of benzene rings is 2. The van der Waals surface area contributed by atoms with Crippen molar-refractivity contribution in [2.75, 3.05) is 26.2 Å². The van der Waals surface area contributed by atoms with Gasteiger partial charge in [-0.1, -0.05) is 61.8 Å². The maximum atomic E-state index is 13.3. The van der Waals surface area contributed by atoms with Gasteiger partial charge < -0.3 is 10.2 Å². The Kier molecular flexibility index (Phi) is 7.26. The summed E-state index contributed by atoms with van der Waals surface area (Å²) in [4.78, 5) is 34.8. The molecule has 3 aromatic rings. The van der Waals surface area contributed by atoms with Crippen molar-refractivity contribution in [1.29, 1.82) is 0 Å². The molecule has 33 heavy (non-hydrogen) atoms. The van der Waals surface area contributed by atoms with Gasteiger partial charge in [-0.15, -0.1) is 0 Å². The molecule has 6 nitrogen and oxygen atoms in total. The standard InChI is InChI=1S/C26H29ClN4O2/c1-18(2)23(29-25(32)21-10-3-4-11-22(21)27)26(33)31-15-13-30(14-16-31)17-20-8-5-7-19-9-6-12-28-24(19)20/h3-12,18,23H,13-17H2,1-2H3,(H,29,32). The summed E-state index contributed by atoms with van der Waals surface area (Å²) in [7, 11) is 0. The molecule has 2 heterocycles. The predicted octanol–water partition coefficient (Wildman–Crippen LogP) is 3.99. The van der Waals surface area contributed by atoms with Crippen molar-refractivity contribution in [3.63, 3.8) is 0 Å². The molecule has 2 amide bonds. The van der Waals surface area contributed by atoms with Crippen molar-refractivity contribution in [3.8, 4) is 0 Å². The number of carbonyl (C=O) groups is 2. The van der Waals surface area contributed by atoms with E-state index < -0.39 is 6.04 Å². The van der Waals surface area contributed by atoms with Crippen LogP contribution in [0.25, 0.3) is 10.9 Å². The van der Waals surface area contributed by atoms with Gasteiger partial charge in [0.05, 0.1) is 16.1 Å². The molecule has 1 atom stereocenters. The third kappa shape index (κ3) is 5.34. The highest BCUT2D eigenvalue weighted by atomic mass is 35.5. The quantitative estimate of drug-likeness (QED) is 0.599. The minimum atomic E-state index is -0.595. The average molecular weight is 465 g/mol. The van der Waals surface area contributed by atoms with Crippen LogP contribution < -0.4 is 5.32 Å². The molecule has 7 heteroatoms. The molecule has 2 aromatic carbocycles. The molecule has 1 aromatic heterocycles. The second-order valence-corrected chi connectivity index (χ2v) is 9.18. The summed E-state index contributed by atoms with van der Waals surface area (Å²) in [5, 5.41) is 4.42. The number of fused-ring (bicyclic) bond motifs is 1. The largest absolute Gasteiger partial charge is 0.340 e. The second kappa shape index (κ2) is 10.3. The maximum Gasteiger partial charge on any atom is 0.253 e. The Morgan fingerprint density at radius 2 is 1.73 bits per heavy atom. The van der Waals surface area contributed by atoms with Crippen molar-refractivity contribution < 1.29 is 9.59 Å². The van der Waals surface area contributed by atoms with Crippen molar-refractivity contribution in [2.24, 2.45) is 5.92 Å². The minimum absolute atomic E-state index is 0.0382. The van der Waals surface area contributed by atoms with Gasteiger partial charge in [-0.2, -0.15) is 0 Å². The SMILES string of the molecule is CC(C)C(NC(=O)c1ccccc1Cl)C(=O)N1CCN(Cc2cccc3cccnc23)CC1. The van der Waals surface area contributed by atoms with Gasteiger partial charge in [-0.05, 0) is 29.7 Å². The molecular formula is C26H29ClN4O2. The van der Waals surface area contributed by atoms with Crippen LogP contribution in [0.1, 0.15) is 29.8 Å². The minimum Gasteiger partial charge on any atom is -0.340 e. The summed E-state index contributed by atoms with van der Waals surface area (Å²) in [6.45, 7) is 7.49. The van der Waals surface area contributed by atoms with Crippen LogP contribution in [-0.2, 0) is 11.3 Å². The van der Waals surface area contributed by atoms with E-state index in [2.05, 4.69) is 39.5 Å². The number of hydrogen-bond donors (Lipinski definition) is 1. The molecule has 1 aliphatic heterocycles. The molecule has 0 aliphatic carbocycles. The normalized spacial score (nSPS) is 15.6. The molecule has 1 fully saturated rings. The molecule has 4 rings (SSSR count). The van der Waals surface area contributed by atoms with Gasteiger partial charge in [-0.3, -0.25) is 19.5 Å². The molecule has 172 valence electrons. The van der Waals surface area contributed by atoms with E-state index in [9.17, 15) is 9.59 Å². The van der Waals surface area contributed by atoms with E-state index in [0.717, 1.165) is 30.5 Å². The maximum absolute atomic E-state index is 13.3. The molecule has 1 unspecified atom stereocenters. The molecule has 1 saturated heterocycles. The number of halogens is 1. The van der Waals surface area contributed by atoms with Gasteiger partial charge in [0.15, 0.2) is 0 Å². The Morgan fingerprint density at radius 3 is 2.45 bits per heavy atom. The van der Waals surface area contributed by atoms with Crippen LogP contribution in [0.3, 0.4) is 0 Å². The average Bonchev–Trinajstić information content (AvgIpc) is 2.83. The van der Waals surface area contributed by atoms with Crippen LogP contribution in [0.5, 0.6) is 0 Å². The number of nitrogens with zero attached hydrogens (tertiary/aromatic N) is 3. The number of piperazine rings is 1. The zero-order chi connectivity index (χ0) is 23.4. The Hall–Kier alpha value is -2.96. The summed E-state index contributed by atoms with van der Waals surface area (Å²) >= 11 is 6.16. The smallest absolute Gasteiger partial charge is 0.253 e. The molecule has 0 radical (unpaired) electrons. The van der Waals surface area contributed by atoms with E-state index in [1.807, 2.05) is 31.0 Å². The van der Waals surface area contributed by atoms with Crippen molar-refractivity contribution in [1.82, 2.24) is 20.1 Å². The van der Waals surface area contributed by atoms with Crippen LogP contribution in [0.2, 0.25) is 5.02 Å². The van der Waals surface area contributed by atoms with Gasteiger partial charge >= 0.3 is 0 Å². The van der Waals surface area contributed by atoms with E-state index in [1.165, 1.54) is 5.56 Å². The van der Waals surface area contributed by atoms with Gasteiger partial charge in [-0.25, -0.2) is 0 Å². The number of amides is 2. The number of carbonyl (C=O) groups excluding carboxylic acids is 2. The summed E-state index contributed by atoms with van der Waals surface area (Å²) in [5.41, 5.74) is 2.60. The number of hydrogen-bond acceptors (Lipinski definition) is 4. The van der Waals surface area contributed by atoms with Crippen LogP contribution in [0.4, 0.5) is 0 Å². The fraction of sp³-hybridized carbons (Fsp3) is 0.346. The summed E-state index contributed by atoms with van der Waals surface area (Å²) in [6, 6.07) is 16.6. The molecule has 0 bridgehead atoms. The first-order valence-corrected chi connectivity index (χ1v) is 11.7. The first kappa shape index (κ1) is 23.2. The Labute approximate surface area is 199 Å². The number of aromatic nitrogens is 1. The summed E-state index contributed by atoms with van der Waals surface area (Å²) in [5.74, 6) is -0.407. The topological polar surface area (TPSA) is 65.5 Å². The van der Waals surface area contributed by atoms with E-state index in [1.54, 1.807) is 24.3 Å². The predicted molar refractivity (Wildman–Crippen MR) is 131 cm³/mol. The Balaban J connectivity index is 1.38. The van der Waals surface area contributed by atoms with Gasteiger partial charge in [0, 0.05) is 44.3 Å². The third-order valence-corrected chi connectivity index (χ3v) is 6.46. The highest BCUT2D eigenvalue weighted by Crippen LogP contribution is 2.20. The van der Waals surface area contributed by atoms with Crippen molar-refractivity contribution in [3.05, 3.63) is 76.9 Å². The number of rotatable bonds is 6. The van der Waals surface area contributed by atoms with Crippen LogP contribution in [0, 0.1) is 5.92 Å². The first-order valence-electron chi connectivity index (χ1n) is 11.3. The Bertz CT molecular complexity index is 1140. The highest BCUT2D eigenvalue weighted by Gasteiger charge is 2.31. The van der Waals surface area contributed by atoms with Gasteiger partial charge in [0.1, 0.15) is 6.04 Å². The monoisotopic (exact) mass is 464 g/mol. The van der Waals surface area contributed by atoms with E-state index in [-0.39, 0.29) is 17.7 Å². The Morgan fingerprint density at radius 1 is 1.00 bits per heavy atom. The van der Waals surface area contributed by atoms with Gasteiger partial charge in [0.2, 0.25) is 5.91 Å². The molecule has 0 saturated carbocycles. The van der Waals surface area contributed by atoms with E-state index in [4.69, 9.17) is 11.6 Å². The lowest BCUT2D eigenvalue weighted by molar-refractivity contribution is -0.136. The van der Waals surface area contributed by atoms with Crippen LogP contribution in [0.15, 0.2) is 60.8 Å². The summed E-state index contributed by atoms with van der Waals surface area (Å²) < 4.78 is 0. The second-order valence-electron chi connectivity index (χ2n) is 8.77. The highest BCUT2D eigenvalue weighted by molar-refractivity contribution is 6.33. The molecule has 1 N–H and O–H groups in total. The lowest BCUT2D eigenvalue weighted by Crippen LogP contribution is -2.56. The van der Waals surface area contributed by atoms with Crippen molar-refractivity contribution in [2.45, 2.75) is 26.4 Å². The van der Waals surface area contributed by atoms with Crippen molar-refractivity contribution >= 4 is 34.3 Å². The summed E-state index contributed by atoms with van der Waals surface area (Å²) in [6.07, 6.45) is 1.82. The number of para-hydroxylation sites is 1. The fourth-order valence-corrected chi connectivity index (χ4v) is 4.46. The number of nitrogens with one attached hydrogen (secondary N) is 1. The molecule has 1 aliphatic rings. The molecule has 0 spiro atoms. The third-order valence-electron chi connectivity index (χ3n) is 6.13. The van der Waals surface area contributed by atoms with Crippen LogP contribution >= 0.6 is 11.6 Å². The zero-order valence-electron chi connectivity index (χ0n) is 19.0. The fourth-order valence-electron chi connectivity index (χ4n) is 4.24. The number of pyridine rings is 1. The van der Waals surface area contributed by atoms with Gasteiger partial charge in [0.25, 0.3) is 5.91 Å². The van der Waals surface area contributed by atoms with E-state index in [0.29, 0.717) is 23.7 Å². The van der Waals surface area contributed by atoms with E-state index >= 15 is 0 Å². The zero-order valence-corrected chi connectivity index (χ0v) is 19.8. The lowest BCUT2D eigenvalue weighted by Gasteiger charge is -2.37. The first-order chi connectivity index (χ1) is 15.9. The molecular weight excluding hydrogens is 436 g/mol. The lowest BCUT2D eigenvalue weighted by atomic mass is 10.0. The van der Waals surface area contributed by atoms with Crippen LogP contribution in [-0.4, -0.2) is 58.8 Å².